The van der Waals surface area contributed by atoms with Crippen molar-refractivity contribution in [3.8, 4) is 5.75 Å². The van der Waals surface area contributed by atoms with Crippen LogP contribution >= 0.6 is 11.3 Å². The maximum Gasteiger partial charge on any atom is 0.226 e. The number of methoxy groups -OCH3 is 1. The Bertz CT molecular complexity index is 800. The van der Waals surface area contributed by atoms with Crippen LogP contribution in [0.1, 0.15) is 49.8 Å². The maximum atomic E-state index is 12.3. The van der Waals surface area contributed by atoms with Crippen molar-refractivity contribution < 1.29 is 9.53 Å². The maximum absolute atomic E-state index is 12.3. The largest absolute Gasteiger partial charge is 0.497 e. The molecule has 0 spiro atoms. The van der Waals surface area contributed by atoms with E-state index in [9.17, 15) is 4.79 Å². The number of hydrogen-bond donors (Lipinski definition) is 1. The first kappa shape index (κ1) is 19.7. The summed E-state index contributed by atoms with van der Waals surface area (Å²) in [6.45, 7) is 0.524. The Kier molecular flexibility index (Phi) is 7.10. The lowest BCUT2D eigenvalue weighted by Crippen LogP contribution is -2.26. The van der Waals surface area contributed by atoms with Gasteiger partial charge in [0.15, 0.2) is 4.80 Å². The Morgan fingerprint density at radius 1 is 1.22 bits per heavy atom. The quantitative estimate of drug-likeness (QED) is 0.770. The molecule has 1 heterocycles. The van der Waals surface area contributed by atoms with Gasteiger partial charge in [-0.2, -0.15) is 0 Å². The Balaban J connectivity index is 1.56. The number of carbonyl (C=O) groups excluding carboxylic acids is 1. The number of thiazole rings is 1. The number of nitrogens with one attached hydrogen (secondary N) is 1. The number of benzene rings is 1. The van der Waals surface area contributed by atoms with Crippen LogP contribution in [-0.4, -0.2) is 23.6 Å². The number of carbonyl (C=O) groups is 1. The normalized spacial score (nSPS) is 16.1. The van der Waals surface area contributed by atoms with Crippen LogP contribution in [0, 0.1) is 0 Å². The molecule has 1 aliphatic rings. The zero-order valence-electron chi connectivity index (χ0n) is 16.2. The third kappa shape index (κ3) is 5.70. The minimum Gasteiger partial charge on any atom is -0.497 e. The van der Waals surface area contributed by atoms with Gasteiger partial charge in [0.2, 0.25) is 5.91 Å². The molecular weight excluding hydrogens is 358 g/mol. The fourth-order valence-corrected chi connectivity index (χ4v) is 4.36. The van der Waals surface area contributed by atoms with Gasteiger partial charge in [0.25, 0.3) is 0 Å². The molecule has 5 nitrogen and oxygen atoms in total. The van der Waals surface area contributed by atoms with Gasteiger partial charge in [0.1, 0.15) is 5.75 Å². The van der Waals surface area contributed by atoms with E-state index in [0.29, 0.717) is 19.0 Å². The molecule has 1 aliphatic carbocycles. The predicted octanol–water partition coefficient (Wildman–Crippen LogP) is 3.58. The smallest absolute Gasteiger partial charge is 0.226 e. The van der Waals surface area contributed by atoms with Crippen LogP contribution in [0.15, 0.2) is 34.6 Å². The summed E-state index contributed by atoms with van der Waals surface area (Å²) in [5, 5.41) is 5.05. The molecule has 0 aliphatic heterocycles. The summed E-state index contributed by atoms with van der Waals surface area (Å²) in [5.41, 5.74) is 2.07. The van der Waals surface area contributed by atoms with E-state index in [1.165, 1.54) is 38.5 Å². The number of rotatable bonds is 6. The summed E-state index contributed by atoms with van der Waals surface area (Å²) in [6.07, 6.45) is 7.99. The van der Waals surface area contributed by atoms with Crippen molar-refractivity contribution in [2.75, 3.05) is 7.11 Å². The minimum atomic E-state index is 0.0280. The third-order valence-electron chi connectivity index (χ3n) is 5.13. The average Bonchev–Trinajstić information content (AvgIpc) is 2.89. The van der Waals surface area contributed by atoms with Gasteiger partial charge in [-0.3, -0.25) is 9.79 Å². The van der Waals surface area contributed by atoms with Gasteiger partial charge in [-0.15, -0.1) is 11.3 Å². The molecule has 0 saturated heterocycles. The molecule has 1 fully saturated rings. The van der Waals surface area contributed by atoms with Crippen molar-refractivity contribution in [2.45, 2.75) is 57.5 Å². The predicted molar refractivity (Wildman–Crippen MR) is 109 cm³/mol. The van der Waals surface area contributed by atoms with E-state index in [4.69, 9.17) is 9.73 Å². The Hall–Kier alpha value is -2.08. The summed E-state index contributed by atoms with van der Waals surface area (Å²) in [6, 6.07) is 8.18. The third-order valence-corrected chi connectivity index (χ3v) is 6.11. The van der Waals surface area contributed by atoms with Crippen LogP contribution in [0.5, 0.6) is 5.75 Å². The van der Waals surface area contributed by atoms with E-state index in [0.717, 1.165) is 21.8 Å². The summed E-state index contributed by atoms with van der Waals surface area (Å²) in [7, 11) is 3.66. The molecule has 1 aromatic heterocycles. The molecule has 0 unspecified atom stereocenters. The van der Waals surface area contributed by atoms with E-state index in [2.05, 4.69) is 15.3 Å². The fourth-order valence-electron chi connectivity index (χ4n) is 3.39. The zero-order chi connectivity index (χ0) is 19.1. The molecule has 3 rings (SSSR count). The minimum absolute atomic E-state index is 0.0280. The highest BCUT2D eigenvalue weighted by atomic mass is 32.1. The van der Waals surface area contributed by atoms with Gasteiger partial charge in [0, 0.05) is 24.7 Å². The van der Waals surface area contributed by atoms with Crippen molar-refractivity contribution in [3.63, 3.8) is 0 Å². The van der Waals surface area contributed by atoms with Crippen molar-refractivity contribution in [3.05, 3.63) is 45.7 Å². The van der Waals surface area contributed by atoms with Gasteiger partial charge < -0.3 is 14.6 Å². The molecule has 6 heteroatoms. The fraction of sp³-hybridized carbons (Fsp3) is 0.524. The molecule has 146 valence electrons. The van der Waals surface area contributed by atoms with Gasteiger partial charge in [-0.1, -0.05) is 37.8 Å². The lowest BCUT2D eigenvalue weighted by Gasteiger charge is -2.08. The highest BCUT2D eigenvalue weighted by molar-refractivity contribution is 7.07. The molecular formula is C21H29N3O2S. The van der Waals surface area contributed by atoms with Crippen molar-refractivity contribution >= 4 is 17.2 Å². The summed E-state index contributed by atoms with van der Waals surface area (Å²) >= 11 is 1.64. The van der Waals surface area contributed by atoms with Crippen LogP contribution in [0.3, 0.4) is 0 Å². The highest BCUT2D eigenvalue weighted by Gasteiger charge is 2.12. The van der Waals surface area contributed by atoms with Gasteiger partial charge in [-0.25, -0.2) is 0 Å². The monoisotopic (exact) mass is 387 g/mol. The molecule has 1 amide bonds. The molecule has 2 aromatic rings. The topological polar surface area (TPSA) is 55.6 Å². The van der Waals surface area contributed by atoms with Crippen molar-refractivity contribution in [1.82, 2.24) is 9.88 Å². The molecule has 27 heavy (non-hydrogen) atoms. The Labute approximate surface area is 165 Å². The molecule has 1 N–H and O–H groups in total. The Morgan fingerprint density at radius 3 is 2.59 bits per heavy atom. The highest BCUT2D eigenvalue weighted by Crippen LogP contribution is 2.19. The lowest BCUT2D eigenvalue weighted by atomic mass is 10.1. The van der Waals surface area contributed by atoms with Gasteiger partial charge >= 0.3 is 0 Å². The van der Waals surface area contributed by atoms with Crippen LogP contribution in [0.2, 0.25) is 0 Å². The first-order chi connectivity index (χ1) is 13.2. The van der Waals surface area contributed by atoms with E-state index in [-0.39, 0.29) is 5.91 Å². The van der Waals surface area contributed by atoms with E-state index in [1.54, 1.807) is 18.4 Å². The second-order valence-corrected chi connectivity index (χ2v) is 7.98. The number of amides is 1. The molecule has 1 saturated carbocycles. The van der Waals surface area contributed by atoms with E-state index < -0.39 is 0 Å². The second-order valence-electron chi connectivity index (χ2n) is 7.14. The number of ether oxygens (including phenoxy) is 1. The average molecular weight is 388 g/mol. The zero-order valence-corrected chi connectivity index (χ0v) is 17.1. The van der Waals surface area contributed by atoms with Gasteiger partial charge in [0.05, 0.1) is 19.6 Å². The Morgan fingerprint density at radius 2 is 1.93 bits per heavy atom. The lowest BCUT2D eigenvalue weighted by molar-refractivity contribution is -0.120. The summed E-state index contributed by atoms with van der Waals surface area (Å²) in [5.74, 6) is 0.848. The van der Waals surface area contributed by atoms with Gasteiger partial charge in [-0.05, 0) is 30.5 Å². The first-order valence-corrected chi connectivity index (χ1v) is 10.6. The van der Waals surface area contributed by atoms with Crippen LogP contribution in [-0.2, 0) is 24.8 Å². The van der Waals surface area contributed by atoms with Crippen LogP contribution in [0.4, 0.5) is 0 Å². The van der Waals surface area contributed by atoms with Crippen LogP contribution in [0.25, 0.3) is 0 Å². The molecule has 0 atom stereocenters. The SMILES string of the molecule is COc1ccc(CNC(=O)Cc2csc(=NC3CCCCCC3)n2C)cc1. The number of hydrogen-bond acceptors (Lipinski definition) is 4. The second kappa shape index (κ2) is 9.74. The van der Waals surface area contributed by atoms with Crippen molar-refractivity contribution in [2.24, 2.45) is 12.0 Å². The molecule has 0 radical (unpaired) electrons. The summed E-state index contributed by atoms with van der Waals surface area (Å²) < 4.78 is 7.22. The first-order valence-electron chi connectivity index (χ1n) is 9.72. The number of nitrogens with zero attached hydrogens (tertiary/aromatic N) is 2. The number of aromatic nitrogens is 1. The summed E-state index contributed by atoms with van der Waals surface area (Å²) in [4.78, 5) is 18.3. The van der Waals surface area contributed by atoms with Crippen LogP contribution < -0.4 is 14.9 Å². The molecule has 1 aromatic carbocycles. The van der Waals surface area contributed by atoms with E-state index >= 15 is 0 Å². The van der Waals surface area contributed by atoms with E-state index in [1.807, 2.05) is 31.3 Å². The molecule has 0 bridgehead atoms. The van der Waals surface area contributed by atoms with Crippen molar-refractivity contribution in [1.29, 1.82) is 0 Å². The standard InChI is InChI=1S/C21H29N3O2S/c1-24-18(15-27-21(24)23-17-7-5-3-4-6-8-17)13-20(25)22-14-16-9-11-19(26-2)12-10-16/h9-12,15,17H,3-8,13-14H2,1-2H3,(H,22,25).